The van der Waals surface area contributed by atoms with Crippen LogP contribution in [0.4, 0.5) is 4.39 Å². The molecule has 0 radical (unpaired) electrons. The summed E-state index contributed by atoms with van der Waals surface area (Å²) in [6, 6.07) is 5.46. The van der Waals surface area contributed by atoms with Crippen molar-refractivity contribution in [1.82, 2.24) is 14.7 Å². The highest BCUT2D eigenvalue weighted by atomic mass is 35.5. The highest BCUT2D eigenvalue weighted by Gasteiger charge is 2.29. The van der Waals surface area contributed by atoms with Crippen LogP contribution in [0.2, 0.25) is 5.02 Å². The summed E-state index contributed by atoms with van der Waals surface area (Å²) in [6.45, 7) is 1.42. The molecule has 1 aromatic carbocycles. The van der Waals surface area contributed by atoms with Crippen molar-refractivity contribution in [3.05, 3.63) is 52.6 Å². The summed E-state index contributed by atoms with van der Waals surface area (Å²) in [4.78, 5) is 2.31. The van der Waals surface area contributed by atoms with Gasteiger partial charge in [-0.15, -0.1) is 0 Å². The van der Waals surface area contributed by atoms with Gasteiger partial charge in [-0.2, -0.15) is 5.10 Å². The van der Waals surface area contributed by atoms with Crippen LogP contribution >= 0.6 is 11.6 Å². The molecule has 0 N–H and O–H groups in total. The van der Waals surface area contributed by atoms with Gasteiger partial charge in [0.25, 0.3) is 0 Å². The summed E-state index contributed by atoms with van der Waals surface area (Å²) in [7, 11) is 1.91. The van der Waals surface area contributed by atoms with E-state index in [1.54, 1.807) is 16.8 Å². The summed E-state index contributed by atoms with van der Waals surface area (Å²) in [5.74, 6) is -0.227. The molecule has 1 heterocycles. The average molecular weight is 294 g/mol. The standard InChI is InChI=1S/C15H17ClFN3/c1-19-8-11(7-18-19)9-20(14-4-5-14)10-12-2-3-13(16)6-15(12)17/h2-3,6-8,14H,4-5,9-10H2,1H3. The Morgan fingerprint density at radius 3 is 2.80 bits per heavy atom. The highest BCUT2D eigenvalue weighted by Crippen LogP contribution is 2.30. The Kier molecular flexibility index (Phi) is 3.76. The first-order chi connectivity index (χ1) is 9.61. The van der Waals surface area contributed by atoms with E-state index in [0.29, 0.717) is 23.2 Å². The predicted octanol–water partition coefficient (Wildman–Crippen LogP) is 3.38. The molecular formula is C15H17ClFN3. The molecule has 0 atom stereocenters. The molecule has 1 fully saturated rings. The van der Waals surface area contributed by atoms with Crippen LogP contribution in [0.5, 0.6) is 0 Å². The minimum atomic E-state index is -0.227. The second kappa shape index (κ2) is 5.54. The van der Waals surface area contributed by atoms with E-state index in [-0.39, 0.29) is 5.82 Å². The van der Waals surface area contributed by atoms with Gasteiger partial charge in [0, 0.05) is 48.5 Å². The van der Waals surface area contributed by atoms with Crippen LogP contribution in [-0.4, -0.2) is 20.7 Å². The van der Waals surface area contributed by atoms with E-state index >= 15 is 0 Å². The average Bonchev–Trinajstić information content (AvgIpc) is 3.16. The van der Waals surface area contributed by atoms with Crippen LogP contribution in [0.25, 0.3) is 0 Å². The monoisotopic (exact) mass is 293 g/mol. The molecule has 1 aromatic heterocycles. The second-order valence-electron chi connectivity index (χ2n) is 5.39. The summed E-state index contributed by atoms with van der Waals surface area (Å²) < 4.78 is 15.7. The lowest BCUT2D eigenvalue weighted by Crippen LogP contribution is -2.25. The van der Waals surface area contributed by atoms with Crippen LogP contribution in [0, 0.1) is 5.82 Å². The van der Waals surface area contributed by atoms with Gasteiger partial charge in [0.1, 0.15) is 5.82 Å². The van der Waals surface area contributed by atoms with Crippen molar-refractivity contribution in [3.63, 3.8) is 0 Å². The molecule has 3 rings (SSSR count). The molecule has 0 amide bonds. The van der Waals surface area contributed by atoms with Crippen molar-refractivity contribution < 1.29 is 4.39 Å². The zero-order chi connectivity index (χ0) is 14.1. The number of hydrogen-bond donors (Lipinski definition) is 0. The maximum atomic E-state index is 13.9. The number of benzene rings is 1. The van der Waals surface area contributed by atoms with Gasteiger partial charge in [-0.05, 0) is 25.0 Å². The van der Waals surface area contributed by atoms with E-state index < -0.39 is 0 Å². The first kappa shape index (κ1) is 13.6. The number of rotatable bonds is 5. The Morgan fingerprint density at radius 2 is 2.20 bits per heavy atom. The van der Waals surface area contributed by atoms with Gasteiger partial charge in [-0.25, -0.2) is 4.39 Å². The molecule has 20 heavy (non-hydrogen) atoms. The van der Waals surface area contributed by atoms with Crippen LogP contribution < -0.4 is 0 Å². The van der Waals surface area contributed by atoms with E-state index in [1.165, 1.54) is 18.9 Å². The largest absolute Gasteiger partial charge is 0.292 e. The molecule has 1 aliphatic rings. The number of nitrogens with zero attached hydrogens (tertiary/aromatic N) is 3. The van der Waals surface area contributed by atoms with Crippen LogP contribution in [0.15, 0.2) is 30.6 Å². The van der Waals surface area contributed by atoms with E-state index in [9.17, 15) is 4.39 Å². The molecular weight excluding hydrogens is 277 g/mol. The van der Waals surface area contributed by atoms with Crippen molar-refractivity contribution in [2.75, 3.05) is 0 Å². The molecule has 5 heteroatoms. The number of halogens is 2. The first-order valence-corrected chi connectivity index (χ1v) is 7.15. The van der Waals surface area contributed by atoms with Crippen LogP contribution in [0.1, 0.15) is 24.0 Å². The third-order valence-electron chi connectivity index (χ3n) is 3.60. The van der Waals surface area contributed by atoms with Gasteiger partial charge in [-0.3, -0.25) is 9.58 Å². The molecule has 0 unspecified atom stereocenters. The molecule has 1 aliphatic carbocycles. The van der Waals surface area contributed by atoms with Crippen LogP contribution in [0.3, 0.4) is 0 Å². The minimum Gasteiger partial charge on any atom is -0.292 e. The quantitative estimate of drug-likeness (QED) is 0.843. The Balaban J connectivity index is 1.74. The molecule has 1 saturated carbocycles. The van der Waals surface area contributed by atoms with Gasteiger partial charge in [0.05, 0.1) is 6.20 Å². The topological polar surface area (TPSA) is 21.1 Å². The number of aryl methyl sites for hydroxylation is 1. The van der Waals surface area contributed by atoms with Crippen molar-refractivity contribution in [2.24, 2.45) is 7.05 Å². The van der Waals surface area contributed by atoms with E-state index in [0.717, 1.165) is 12.1 Å². The molecule has 2 aromatic rings. The van der Waals surface area contributed by atoms with Crippen molar-refractivity contribution in [3.8, 4) is 0 Å². The molecule has 0 aliphatic heterocycles. The highest BCUT2D eigenvalue weighted by molar-refractivity contribution is 6.30. The Morgan fingerprint density at radius 1 is 1.40 bits per heavy atom. The normalized spacial score (nSPS) is 15.0. The Bertz CT molecular complexity index is 607. The van der Waals surface area contributed by atoms with Crippen molar-refractivity contribution in [1.29, 1.82) is 0 Å². The van der Waals surface area contributed by atoms with E-state index in [2.05, 4.69) is 10.00 Å². The van der Waals surface area contributed by atoms with E-state index in [1.807, 2.05) is 19.4 Å². The molecule has 3 nitrogen and oxygen atoms in total. The smallest absolute Gasteiger partial charge is 0.129 e. The summed E-state index contributed by atoms with van der Waals surface area (Å²) >= 11 is 5.80. The SMILES string of the molecule is Cn1cc(CN(Cc2ccc(Cl)cc2F)C2CC2)cn1. The van der Waals surface area contributed by atoms with Gasteiger partial charge in [0.2, 0.25) is 0 Å². The second-order valence-corrected chi connectivity index (χ2v) is 5.83. The van der Waals surface area contributed by atoms with E-state index in [4.69, 9.17) is 11.6 Å². The predicted molar refractivity (Wildman–Crippen MR) is 76.9 cm³/mol. The summed E-state index contributed by atoms with van der Waals surface area (Å²) in [6.07, 6.45) is 6.26. The van der Waals surface area contributed by atoms with Crippen molar-refractivity contribution in [2.45, 2.75) is 32.0 Å². The van der Waals surface area contributed by atoms with Gasteiger partial charge in [-0.1, -0.05) is 17.7 Å². The molecule has 0 bridgehead atoms. The fourth-order valence-electron chi connectivity index (χ4n) is 2.41. The van der Waals surface area contributed by atoms with Gasteiger partial charge < -0.3 is 0 Å². The third kappa shape index (κ3) is 3.19. The number of aromatic nitrogens is 2. The molecule has 106 valence electrons. The fourth-order valence-corrected chi connectivity index (χ4v) is 2.57. The van der Waals surface area contributed by atoms with Gasteiger partial charge in [0.15, 0.2) is 0 Å². The first-order valence-electron chi connectivity index (χ1n) is 6.77. The maximum absolute atomic E-state index is 13.9. The fraction of sp³-hybridized carbons (Fsp3) is 0.400. The Labute approximate surface area is 123 Å². The lowest BCUT2D eigenvalue weighted by Gasteiger charge is -2.21. The number of hydrogen-bond acceptors (Lipinski definition) is 2. The zero-order valence-electron chi connectivity index (χ0n) is 11.4. The summed E-state index contributed by atoms with van der Waals surface area (Å²) in [5.41, 5.74) is 1.86. The maximum Gasteiger partial charge on any atom is 0.129 e. The molecule has 0 saturated heterocycles. The summed E-state index contributed by atoms with van der Waals surface area (Å²) in [5, 5.41) is 4.63. The van der Waals surface area contributed by atoms with Crippen LogP contribution in [-0.2, 0) is 20.1 Å². The molecule has 0 spiro atoms. The third-order valence-corrected chi connectivity index (χ3v) is 3.83. The van der Waals surface area contributed by atoms with Crippen molar-refractivity contribution >= 4 is 11.6 Å². The zero-order valence-corrected chi connectivity index (χ0v) is 12.1. The lowest BCUT2D eigenvalue weighted by atomic mass is 10.2. The lowest BCUT2D eigenvalue weighted by molar-refractivity contribution is 0.242. The minimum absolute atomic E-state index is 0.227. The Hall–Kier alpha value is -1.39. The van der Waals surface area contributed by atoms with Gasteiger partial charge >= 0.3 is 0 Å².